The van der Waals surface area contributed by atoms with Crippen molar-refractivity contribution in [1.29, 1.82) is 0 Å². The van der Waals surface area contributed by atoms with Gasteiger partial charge in [0.25, 0.3) is 0 Å². The smallest absolute Gasteiger partial charge is 1.00 e. The number of amides is 2. The minimum Gasteiger partial charge on any atom is -1.00 e. The normalized spacial score (nSPS) is 11.1. The molecule has 0 saturated carbocycles. The number of aryl methyl sites for hydroxylation is 1. The average molecular weight is 533 g/mol. The molecular formula is C27H30FN4NaO5. The number of nitrogens with one attached hydrogen (secondary N) is 3. The molecule has 0 fully saturated rings. The molecule has 38 heavy (non-hydrogen) atoms. The molecule has 2 aromatic carbocycles. The number of carboxylic acid groups (broad SMARTS) is 1. The van der Waals surface area contributed by atoms with Crippen molar-refractivity contribution < 1.29 is 60.0 Å². The second-order valence-corrected chi connectivity index (χ2v) is 8.53. The Bertz CT molecular complexity index is 1260. The zero-order chi connectivity index (χ0) is 26.8. The molecule has 3 aromatic rings. The zero-order valence-corrected chi connectivity index (χ0v) is 23.3. The molecule has 1 aromatic heterocycles. The number of rotatable bonds is 12. The van der Waals surface area contributed by atoms with Gasteiger partial charge in [-0.3, -0.25) is 14.4 Å². The van der Waals surface area contributed by atoms with Gasteiger partial charge < -0.3 is 27.6 Å². The van der Waals surface area contributed by atoms with Crippen LogP contribution in [0.25, 0.3) is 11.1 Å². The molecule has 0 aliphatic rings. The predicted octanol–water partition coefficient (Wildman–Crippen LogP) is 0.659. The maximum Gasteiger partial charge on any atom is 1.00 e. The SMILES string of the molecule is Cc1ccnc(NCCCC(=O)NCC(=O)NC(CC(=O)O)c2ccc(-c3ccc(F)cc3O)cc2)c1.[H-].[Na+]. The molecule has 9 nitrogen and oxygen atoms in total. The summed E-state index contributed by atoms with van der Waals surface area (Å²) in [4.78, 5) is 40.1. The van der Waals surface area contributed by atoms with E-state index >= 15 is 0 Å². The number of carbonyl (C=O) groups is 3. The summed E-state index contributed by atoms with van der Waals surface area (Å²) in [5.74, 6) is -1.99. The summed E-state index contributed by atoms with van der Waals surface area (Å²) in [6.07, 6.45) is 2.09. The fourth-order valence-electron chi connectivity index (χ4n) is 3.68. The van der Waals surface area contributed by atoms with Crippen molar-refractivity contribution in [3.63, 3.8) is 0 Å². The molecule has 0 bridgehead atoms. The largest absolute Gasteiger partial charge is 1.00 e. The van der Waals surface area contributed by atoms with Crippen molar-refractivity contribution in [3.05, 3.63) is 77.7 Å². The number of carboxylic acids is 1. The minimum absolute atomic E-state index is 0. The molecule has 0 saturated heterocycles. The standard InChI is InChI=1S/C27H29FN4O5.Na.H/c1-17-10-12-30-24(13-17)29-11-2-3-25(34)31-16-26(35)32-22(15-27(36)37)19-6-4-18(5-7-19)21-9-8-20(28)14-23(21)33;;/h4-10,12-14,22,33H,2-3,11,15-16H2,1H3,(H,29,30)(H,31,34)(H,32,35)(H,36,37);;/q;+1;-1. The van der Waals surface area contributed by atoms with Gasteiger partial charge in [0.2, 0.25) is 11.8 Å². The molecule has 1 atom stereocenters. The van der Waals surface area contributed by atoms with Crippen LogP contribution in [0.3, 0.4) is 0 Å². The molecule has 3 rings (SSSR count). The first-order valence-electron chi connectivity index (χ1n) is 11.7. The molecular weight excluding hydrogens is 502 g/mol. The number of hydrogen-bond acceptors (Lipinski definition) is 6. The monoisotopic (exact) mass is 532 g/mol. The quantitative estimate of drug-likeness (QED) is 0.171. The van der Waals surface area contributed by atoms with Gasteiger partial charge in [-0.2, -0.15) is 0 Å². The van der Waals surface area contributed by atoms with E-state index in [0.29, 0.717) is 29.7 Å². The van der Waals surface area contributed by atoms with E-state index in [1.807, 2.05) is 19.1 Å². The van der Waals surface area contributed by atoms with Gasteiger partial charge in [-0.15, -0.1) is 0 Å². The van der Waals surface area contributed by atoms with E-state index in [-0.39, 0.29) is 62.0 Å². The number of anilines is 1. The molecule has 1 unspecified atom stereocenters. The van der Waals surface area contributed by atoms with Gasteiger partial charge in [0.1, 0.15) is 17.4 Å². The van der Waals surface area contributed by atoms with Crippen LogP contribution in [0.4, 0.5) is 10.2 Å². The van der Waals surface area contributed by atoms with E-state index in [1.165, 1.54) is 12.1 Å². The van der Waals surface area contributed by atoms with Crippen molar-refractivity contribution >= 4 is 23.6 Å². The van der Waals surface area contributed by atoms with Crippen LogP contribution < -0.4 is 45.5 Å². The van der Waals surface area contributed by atoms with E-state index in [4.69, 9.17) is 0 Å². The first-order chi connectivity index (χ1) is 17.7. The maximum absolute atomic E-state index is 13.3. The topological polar surface area (TPSA) is 141 Å². The molecule has 1 heterocycles. The average Bonchev–Trinajstić information content (AvgIpc) is 2.85. The van der Waals surface area contributed by atoms with Crippen LogP contribution in [-0.2, 0) is 14.4 Å². The summed E-state index contributed by atoms with van der Waals surface area (Å²) in [6.45, 7) is 2.22. The van der Waals surface area contributed by atoms with Crippen LogP contribution in [0.5, 0.6) is 5.75 Å². The van der Waals surface area contributed by atoms with Gasteiger partial charge >= 0.3 is 35.5 Å². The Labute approximate surface area is 243 Å². The van der Waals surface area contributed by atoms with Gasteiger partial charge in [-0.05, 0) is 54.3 Å². The molecule has 0 radical (unpaired) electrons. The van der Waals surface area contributed by atoms with Gasteiger partial charge in [0.05, 0.1) is 19.0 Å². The summed E-state index contributed by atoms with van der Waals surface area (Å²) >= 11 is 0. The summed E-state index contributed by atoms with van der Waals surface area (Å²) in [7, 11) is 0. The second-order valence-electron chi connectivity index (χ2n) is 8.53. The Balaban J connectivity index is 0.00000380. The van der Waals surface area contributed by atoms with Crippen molar-refractivity contribution in [1.82, 2.24) is 15.6 Å². The molecule has 5 N–H and O–H groups in total. The van der Waals surface area contributed by atoms with Crippen LogP contribution in [-0.4, -0.2) is 46.1 Å². The van der Waals surface area contributed by atoms with Crippen molar-refractivity contribution in [2.24, 2.45) is 0 Å². The molecule has 0 aliphatic heterocycles. The third-order valence-electron chi connectivity index (χ3n) is 5.55. The van der Waals surface area contributed by atoms with Gasteiger partial charge in [-0.1, -0.05) is 24.3 Å². The van der Waals surface area contributed by atoms with E-state index in [9.17, 15) is 29.0 Å². The Kier molecular flexibility index (Phi) is 12.2. The molecule has 0 aliphatic carbocycles. The Morgan fingerprint density at radius 1 is 1.05 bits per heavy atom. The van der Waals surface area contributed by atoms with Crippen LogP contribution in [0, 0.1) is 12.7 Å². The van der Waals surface area contributed by atoms with Gasteiger partial charge in [-0.25, -0.2) is 9.37 Å². The first-order valence-corrected chi connectivity index (χ1v) is 11.7. The van der Waals surface area contributed by atoms with Crippen molar-refractivity contribution in [2.75, 3.05) is 18.4 Å². The van der Waals surface area contributed by atoms with E-state index in [2.05, 4.69) is 20.9 Å². The first kappa shape index (κ1) is 30.8. The molecule has 2 amide bonds. The molecule has 0 spiro atoms. The number of halogens is 1. The fourth-order valence-corrected chi connectivity index (χ4v) is 3.68. The van der Waals surface area contributed by atoms with Crippen LogP contribution in [0.2, 0.25) is 0 Å². The fraction of sp³-hybridized carbons (Fsp3) is 0.259. The number of aromatic nitrogens is 1. The predicted molar refractivity (Wildman–Crippen MR) is 137 cm³/mol. The van der Waals surface area contributed by atoms with Crippen LogP contribution >= 0.6 is 0 Å². The van der Waals surface area contributed by atoms with E-state index in [1.54, 1.807) is 30.5 Å². The number of carbonyl (C=O) groups excluding carboxylic acids is 2. The van der Waals surface area contributed by atoms with Crippen LogP contribution in [0.1, 0.15) is 37.9 Å². The Morgan fingerprint density at radius 3 is 2.45 bits per heavy atom. The number of benzene rings is 2. The summed E-state index contributed by atoms with van der Waals surface area (Å²) in [5.41, 5.74) is 2.62. The number of pyridine rings is 1. The number of hydrogen-bond donors (Lipinski definition) is 5. The Morgan fingerprint density at radius 2 is 1.79 bits per heavy atom. The van der Waals surface area contributed by atoms with Gasteiger partial charge in [0.15, 0.2) is 0 Å². The van der Waals surface area contributed by atoms with E-state index < -0.39 is 23.7 Å². The Hall–Kier alpha value is -3.47. The van der Waals surface area contributed by atoms with Crippen molar-refractivity contribution in [3.8, 4) is 16.9 Å². The number of phenols is 1. The van der Waals surface area contributed by atoms with Crippen LogP contribution in [0.15, 0.2) is 60.8 Å². The third kappa shape index (κ3) is 9.77. The minimum atomic E-state index is -1.11. The molecule has 196 valence electrons. The zero-order valence-electron chi connectivity index (χ0n) is 22.3. The third-order valence-corrected chi connectivity index (χ3v) is 5.55. The number of nitrogens with zero attached hydrogens (tertiary/aromatic N) is 1. The second kappa shape index (κ2) is 15.1. The van der Waals surface area contributed by atoms with Crippen molar-refractivity contribution in [2.45, 2.75) is 32.2 Å². The number of phenolic OH excluding ortho intramolecular Hbond substituents is 1. The summed E-state index contributed by atoms with van der Waals surface area (Å²) < 4.78 is 13.3. The summed E-state index contributed by atoms with van der Waals surface area (Å²) in [6, 6.07) is 13.2. The van der Waals surface area contributed by atoms with Gasteiger partial charge in [0, 0.05) is 30.8 Å². The number of aliphatic carboxylic acids is 1. The number of aromatic hydroxyl groups is 1. The molecule has 11 heteroatoms. The van der Waals surface area contributed by atoms with E-state index in [0.717, 1.165) is 17.4 Å². The summed E-state index contributed by atoms with van der Waals surface area (Å²) in [5, 5.41) is 27.6. The maximum atomic E-state index is 13.3.